The summed E-state index contributed by atoms with van der Waals surface area (Å²) in [4.78, 5) is 16.5. The molecule has 2 N–H and O–H groups in total. The zero-order valence-electron chi connectivity index (χ0n) is 17.2. The second kappa shape index (κ2) is 10.0. The van der Waals surface area contributed by atoms with Gasteiger partial charge in [-0.3, -0.25) is 10.1 Å². The minimum absolute atomic E-state index is 0.0315. The number of carbonyl (C=O) groups is 1. The van der Waals surface area contributed by atoms with Crippen LogP contribution in [-0.2, 0) is 16.6 Å². The standard InChI is InChI=1S/C19H14Cl2N6O5S2/c1-31-12-5-2-10(3-6-12)16-23-15(32-27-16)9-22-34(29,30)19-26-25-18(33-19)24-17(28)13-7-4-11(20)8-14(13)21/h2-8,22H,9H2,1H3,(H,24,25,28). The first-order valence-electron chi connectivity index (χ1n) is 9.32. The van der Waals surface area contributed by atoms with Crippen molar-refractivity contribution in [3.8, 4) is 17.1 Å². The highest BCUT2D eigenvalue weighted by molar-refractivity contribution is 7.91. The van der Waals surface area contributed by atoms with Crippen molar-refractivity contribution >= 4 is 55.6 Å². The maximum atomic E-state index is 12.6. The van der Waals surface area contributed by atoms with Gasteiger partial charge in [0.15, 0.2) is 0 Å². The molecule has 0 bridgehead atoms. The number of halogens is 2. The van der Waals surface area contributed by atoms with Crippen LogP contribution in [0.5, 0.6) is 5.75 Å². The first-order valence-corrected chi connectivity index (χ1v) is 12.4. The van der Waals surface area contributed by atoms with Gasteiger partial charge in [-0.1, -0.05) is 39.7 Å². The largest absolute Gasteiger partial charge is 0.497 e. The molecule has 34 heavy (non-hydrogen) atoms. The van der Waals surface area contributed by atoms with Gasteiger partial charge in [0.2, 0.25) is 21.2 Å². The Balaban J connectivity index is 1.39. The Labute approximate surface area is 207 Å². The molecule has 4 aromatic rings. The Bertz CT molecular complexity index is 1440. The average Bonchev–Trinajstić information content (AvgIpc) is 3.48. The van der Waals surface area contributed by atoms with Gasteiger partial charge >= 0.3 is 0 Å². The molecule has 0 saturated heterocycles. The predicted molar refractivity (Wildman–Crippen MR) is 125 cm³/mol. The highest BCUT2D eigenvalue weighted by atomic mass is 35.5. The molecule has 0 unspecified atom stereocenters. The summed E-state index contributed by atoms with van der Waals surface area (Å²) in [6.07, 6.45) is 0. The Morgan fingerprint density at radius 3 is 2.62 bits per heavy atom. The fourth-order valence-electron chi connectivity index (χ4n) is 2.61. The van der Waals surface area contributed by atoms with Gasteiger partial charge in [-0.2, -0.15) is 9.71 Å². The summed E-state index contributed by atoms with van der Waals surface area (Å²) in [5.41, 5.74) is 0.816. The lowest BCUT2D eigenvalue weighted by molar-refractivity contribution is 0.102. The van der Waals surface area contributed by atoms with Crippen molar-refractivity contribution < 1.29 is 22.5 Å². The summed E-state index contributed by atoms with van der Waals surface area (Å²) >= 11 is 12.5. The smallest absolute Gasteiger partial charge is 0.270 e. The van der Waals surface area contributed by atoms with Crippen molar-refractivity contribution in [3.05, 3.63) is 64.0 Å². The minimum Gasteiger partial charge on any atom is -0.497 e. The second-order valence-electron chi connectivity index (χ2n) is 6.52. The lowest BCUT2D eigenvalue weighted by Crippen LogP contribution is -2.23. The molecular weight excluding hydrogens is 527 g/mol. The average molecular weight is 541 g/mol. The van der Waals surface area contributed by atoms with Crippen molar-refractivity contribution in [1.82, 2.24) is 25.1 Å². The number of benzene rings is 2. The molecule has 4 rings (SSSR count). The number of methoxy groups -OCH3 is 1. The maximum Gasteiger partial charge on any atom is 0.270 e. The number of nitrogens with one attached hydrogen (secondary N) is 2. The van der Waals surface area contributed by atoms with Crippen molar-refractivity contribution in [1.29, 1.82) is 0 Å². The van der Waals surface area contributed by atoms with Crippen molar-refractivity contribution in [3.63, 3.8) is 0 Å². The van der Waals surface area contributed by atoms with Crippen molar-refractivity contribution in [2.75, 3.05) is 12.4 Å². The molecule has 15 heteroatoms. The Morgan fingerprint density at radius 1 is 1.15 bits per heavy atom. The Morgan fingerprint density at radius 2 is 1.91 bits per heavy atom. The van der Waals surface area contributed by atoms with Crippen LogP contribution in [-0.4, -0.2) is 41.8 Å². The van der Waals surface area contributed by atoms with E-state index in [-0.39, 0.29) is 32.5 Å². The van der Waals surface area contributed by atoms with E-state index in [1.165, 1.54) is 18.2 Å². The molecular formula is C19H14Cl2N6O5S2. The molecule has 0 saturated carbocycles. The van der Waals surface area contributed by atoms with Crippen LogP contribution < -0.4 is 14.8 Å². The molecule has 0 spiro atoms. The van der Waals surface area contributed by atoms with Gasteiger partial charge < -0.3 is 9.26 Å². The van der Waals surface area contributed by atoms with Crippen molar-refractivity contribution in [2.45, 2.75) is 10.9 Å². The fourth-order valence-corrected chi connectivity index (χ4v) is 5.01. The Kier molecular flexibility index (Phi) is 7.09. The van der Waals surface area contributed by atoms with E-state index >= 15 is 0 Å². The molecule has 2 aromatic carbocycles. The monoisotopic (exact) mass is 540 g/mol. The highest BCUT2D eigenvalue weighted by Crippen LogP contribution is 2.25. The Hall–Kier alpha value is -3.10. The fraction of sp³-hybridized carbons (Fsp3) is 0.105. The van der Waals surface area contributed by atoms with Crippen LogP contribution in [0.3, 0.4) is 0 Å². The summed E-state index contributed by atoms with van der Waals surface area (Å²) < 4.78 is 37.3. The number of carbonyl (C=O) groups excluding carboxylic acids is 1. The zero-order valence-corrected chi connectivity index (χ0v) is 20.3. The van der Waals surface area contributed by atoms with Gasteiger partial charge in [0, 0.05) is 10.6 Å². The number of aromatic nitrogens is 4. The van der Waals surface area contributed by atoms with Gasteiger partial charge in [-0.15, -0.1) is 10.2 Å². The summed E-state index contributed by atoms with van der Waals surface area (Å²) in [7, 11) is -2.51. The summed E-state index contributed by atoms with van der Waals surface area (Å²) in [5.74, 6) is 0.416. The summed E-state index contributed by atoms with van der Waals surface area (Å²) in [6, 6.07) is 11.3. The zero-order chi connectivity index (χ0) is 24.3. The van der Waals surface area contributed by atoms with Crippen LogP contribution in [0.15, 0.2) is 51.3 Å². The van der Waals surface area contributed by atoms with E-state index in [1.54, 1.807) is 31.4 Å². The molecule has 0 atom stereocenters. The molecule has 11 nitrogen and oxygen atoms in total. The first kappa shape index (κ1) is 24.0. The van der Waals surface area contributed by atoms with Crippen LogP contribution in [0.4, 0.5) is 5.13 Å². The number of amides is 1. The lowest BCUT2D eigenvalue weighted by atomic mass is 10.2. The third-order valence-corrected chi connectivity index (χ3v) is 7.42. The third-order valence-electron chi connectivity index (χ3n) is 4.26. The molecule has 1 amide bonds. The van der Waals surface area contributed by atoms with Gasteiger partial charge in [-0.25, -0.2) is 8.42 Å². The first-order chi connectivity index (χ1) is 16.2. The van der Waals surface area contributed by atoms with Gasteiger partial charge in [0.05, 0.1) is 24.2 Å². The van der Waals surface area contributed by atoms with E-state index in [9.17, 15) is 13.2 Å². The molecule has 0 fully saturated rings. The van der Waals surface area contributed by atoms with Crippen LogP contribution in [0.1, 0.15) is 16.2 Å². The van der Waals surface area contributed by atoms with Gasteiger partial charge in [0.25, 0.3) is 15.9 Å². The van der Waals surface area contributed by atoms with E-state index in [1.807, 2.05) is 0 Å². The van der Waals surface area contributed by atoms with Gasteiger partial charge in [-0.05, 0) is 42.5 Å². The molecule has 2 aromatic heterocycles. The van der Waals surface area contributed by atoms with E-state index in [4.69, 9.17) is 32.5 Å². The lowest BCUT2D eigenvalue weighted by Gasteiger charge is -2.03. The maximum absolute atomic E-state index is 12.6. The number of ether oxygens (including phenoxy) is 1. The normalized spacial score (nSPS) is 11.4. The van der Waals surface area contributed by atoms with E-state index < -0.39 is 15.9 Å². The predicted octanol–water partition coefficient (Wildman–Crippen LogP) is 3.63. The van der Waals surface area contributed by atoms with Crippen LogP contribution >= 0.6 is 34.5 Å². The number of anilines is 1. The number of hydrogen-bond donors (Lipinski definition) is 2. The number of sulfonamides is 1. The molecule has 0 radical (unpaired) electrons. The highest BCUT2D eigenvalue weighted by Gasteiger charge is 2.23. The second-order valence-corrected chi connectivity index (χ2v) is 10.3. The number of nitrogens with zero attached hydrogens (tertiary/aromatic N) is 4. The van der Waals surface area contributed by atoms with Crippen molar-refractivity contribution in [2.24, 2.45) is 0 Å². The van der Waals surface area contributed by atoms with E-state index in [0.29, 0.717) is 33.5 Å². The van der Waals surface area contributed by atoms with Crippen LogP contribution in [0.25, 0.3) is 11.4 Å². The summed E-state index contributed by atoms with van der Waals surface area (Å²) in [5, 5.41) is 14.1. The quantitative estimate of drug-likeness (QED) is 0.319. The molecule has 0 aliphatic rings. The summed E-state index contributed by atoms with van der Waals surface area (Å²) in [6.45, 7) is -0.271. The SMILES string of the molecule is COc1ccc(-c2noc(CNS(=O)(=O)c3nnc(NC(=O)c4ccc(Cl)cc4Cl)s3)n2)cc1. The van der Waals surface area contributed by atoms with E-state index in [2.05, 4.69) is 30.4 Å². The van der Waals surface area contributed by atoms with Crippen LogP contribution in [0.2, 0.25) is 10.0 Å². The van der Waals surface area contributed by atoms with E-state index in [0.717, 1.165) is 0 Å². The molecule has 176 valence electrons. The molecule has 2 heterocycles. The molecule has 0 aliphatic carbocycles. The third kappa shape index (κ3) is 5.51. The van der Waals surface area contributed by atoms with Crippen LogP contribution in [0, 0.1) is 0 Å². The van der Waals surface area contributed by atoms with Gasteiger partial charge in [0.1, 0.15) is 5.75 Å². The topological polar surface area (TPSA) is 149 Å². The minimum atomic E-state index is -4.06. The number of hydrogen-bond acceptors (Lipinski definition) is 10. The molecule has 0 aliphatic heterocycles. The number of rotatable bonds is 8.